The molecule has 0 bridgehead atoms. The molecule has 0 radical (unpaired) electrons. The molecule has 1 rings (SSSR count). The van der Waals surface area contributed by atoms with Crippen molar-refractivity contribution in [2.24, 2.45) is 0 Å². The molecule has 1 aromatic carbocycles. The Morgan fingerprint density at radius 1 is 1.40 bits per heavy atom. The minimum atomic E-state index is -0.459. The molecular weight excluding hydrogens is 186 g/mol. The zero-order chi connectivity index (χ0) is 11.1. The van der Waals surface area contributed by atoms with Gasteiger partial charge in [-0.3, -0.25) is 5.32 Å². The maximum absolute atomic E-state index is 8.97. The Labute approximate surface area is 89.3 Å². The summed E-state index contributed by atoms with van der Waals surface area (Å²) in [5, 5.41) is 20.8. The number of hydrogen-bond acceptors (Lipinski definition) is 3. The van der Waals surface area contributed by atoms with Crippen molar-refractivity contribution in [3.8, 4) is 12.1 Å². The molecule has 1 N–H and O–H groups in total. The fourth-order valence-corrected chi connectivity index (χ4v) is 1.28. The van der Waals surface area contributed by atoms with Crippen LogP contribution in [0.5, 0.6) is 0 Å². The van der Waals surface area contributed by atoms with Crippen molar-refractivity contribution in [3.05, 3.63) is 48.0 Å². The first-order valence-corrected chi connectivity index (χ1v) is 4.56. The molecule has 0 amide bonds. The number of rotatable bonds is 4. The SMILES string of the molecule is C=CCNC(C#N)c1ccccc1C#N. The average molecular weight is 197 g/mol. The van der Waals surface area contributed by atoms with Crippen LogP contribution in [0.2, 0.25) is 0 Å². The molecule has 0 fully saturated rings. The summed E-state index contributed by atoms with van der Waals surface area (Å²) in [7, 11) is 0. The summed E-state index contributed by atoms with van der Waals surface area (Å²) >= 11 is 0. The van der Waals surface area contributed by atoms with Gasteiger partial charge < -0.3 is 0 Å². The van der Waals surface area contributed by atoms with Gasteiger partial charge in [0.25, 0.3) is 0 Å². The van der Waals surface area contributed by atoms with Crippen molar-refractivity contribution in [1.82, 2.24) is 5.32 Å². The number of nitriles is 2. The monoisotopic (exact) mass is 197 g/mol. The fraction of sp³-hybridized carbons (Fsp3) is 0.167. The highest BCUT2D eigenvalue weighted by atomic mass is 14.9. The first-order chi connectivity index (χ1) is 7.33. The van der Waals surface area contributed by atoms with Crippen LogP contribution in [0.3, 0.4) is 0 Å². The Hall–Kier alpha value is -2.10. The summed E-state index contributed by atoms with van der Waals surface area (Å²) in [6, 6.07) is 10.8. The van der Waals surface area contributed by atoms with E-state index in [9.17, 15) is 0 Å². The van der Waals surface area contributed by atoms with Crippen molar-refractivity contribution < 1.29 is 0 Å². The van der Waals surface area contributed by atoms with Gasteiger partial charge in [-0.25, -0.2) is 0 Å². The lowest BCUT2D eigenvalue weighted by Gasteiger charge is -2.11. The second kappa shape index (κ2) is 5.59. The maximum atomic E-state index is 8.97. The Morgan fingerprint density at radius 2 is 2.13 bits per heavy atom. The van der Waals surface area contributed by atoms with Crippen LogP contribution in [0.15, 0.2) is 36.9 Å². The van der Waals surface area contributed by atoms with Crippen molar-refractivity contribution in [2.75, 3.05) is 6.54 Å². The molecular formula is C12H11N3. The van der Waals surface area contributed by atoms with Gasteiger partial charge in [0.2, 0.25) is 0 Å². The van der Waals surface area contributed by atoms with E-state index in [1.54, 1.807) is 24.3 Å². The molecule has 3 nitrogen and oxygen atoms in total. The van der Waals surface area contributed by atoms with Gasteiger partial charge in [0, 0.05) is 12.1 Å². The van der Waals surface area contributed by atoms with Gasteiger partial charge >= 0.3 is 0 Å². The molecule has 0 spiro atoms. The molecule has 1 atom stereocenters. The zero-order valence-electron chi connectivity index (χ0n) is 8.27. The third-order valence-corrected chi connectivity index (χ3v) is 1.99. The molecule has 15 heavy (non-hydrogen) atoms. The number of benzene rings is 1. The van der Waals surface area contributed by atoms with E-state index in [-0.39, 0.29) is 0 Å². The molecule has 74 valence electrons. The molecule has 0 saturated carbocycles. The van der Waals surface area contributed by atoms with Gasteiger partial charge in [0.15, 0.2) is 0 Å². The van der Waals surface area contributed by atoms with E-state index in [2.05, 4.69) is 24.0 Å². The summed E-state index contributed by atoms with van der Waals surface area (Å²) < 4.78 is 0. The number of nitrogens with one attached hydrogen (secondary N) is 1. The van der Waals surface area contributed by atoms with Crippen molar-refractivity contribution in [2.45, 2.75) is 6.04 Å². The maximum Gasteiger partial charge on any atom is 0.122 e. The van der Waals surface area contributed by atoms with Gasteiger partial charge in [-0.2, -0.15) is 10.5 Å². The third-order valence-electron chi connectivity index (χ3n) is 1.99. The van der Waals surface area contributed by atoms with Gasteiger partial charge in [0.1, 0.15) is 6.04 Å². The van der Waals surface area contributed by atoms with Crippen molar-refractivity contribution >= 4 is 0 Å². The topological polar surface area (TPSA) is 59.6 Å². The van der Waals surface area contributed by atoms with E-state index in [0.717, 1.165) is 0 Å². The van der Waals surface area contributed by atoms with Crippen molar-refractivity contribution in [3.63, 3.8) is 0 Å². The van der Waals surface area contributed by atoms with E-state index in [0.29, 0.717) is 17.7 Å². The fourth-order valence-electron chi connectivity index (χ4n) is 1.28. The molecule has 0 aliphatic heterocycles. The predicted molar refractivity (Wildman–Crippen MR) is 57.7 cm³/mol. The summed E-state index contributed by atoms with van der Waals surface area (Å²) in [6.45, 7) is 4.11. The van der Waals surface area contributed by atoms with Crippen LogP contribution in [0.25, 0.3) is 0 Å². The van der Waals surface area contributed by atoms with E-state index in [1.165, 1.54) is 0 Å². The summed E-state index contributed by atoms with van der Waals surface area (Å²) in [6.07, 6.45) is 1.68. The van der Waals surface area contributed by atoms with Gasteiger partial charge in [-0.1, -0.05) is 24.3 Å². The highest BCUT2D eigenvalue weighted by Gasteiger charge is 2.12. The Balaban J connectivity index is 2.97. The van der Waals surface area contributed by atoms with E-state index in [1.807, 2.05) is 6.07 Å². The number of nitrogens with zero attached hydrogens (tertiary/aromatic N) is 2. The highest BCUT2D eigenvalue weighted by molar-refractivity contribution is 5.41. The van der Waals surface area contributed by atoms with Gasteiger partial charge in [0.05, 0.1) is 17.7 Å². The van der Waals surface area contributed by atoms with Crippen LogP contribution in [0.4, 0.5) is 0 Å². The van der Waals surface area contributed by atoms with E-state index < -0.39 is 6.04 Å². The van der Waals surface area contributed by atoms with Crippen LogP contribution in [-0.4, -0.2) is 6.54 Å². The molecule has 0 aliphatic carbocycles. The Morgan fingerprint density at radius 3 is 2.73 bits per heavy atom. The lowest BCUT2D eigenvalue weighted by molar-refractivity contribution is 0.682. The number of hydrogen-bond donors (Lipinski definition) is 1. The molecule has 0 aliphatic rings. The quantitative estimate of drug-likeness (QED) is 0.750. The summed E-state index contributed by atoms with van der Waals surface area (Å²) in [4.78, 5) is 0. The standard InChI is InChI=1S/C12H11N3/c1-2-7-15-12(9-14)11-6-4-3-5-10(11)8-13/h2-6,12,15H,1,7H2. The second-order valence-corrected chi connectivity index (χ2v) is 2.96. The molecule has 0 aromatic heterocycles. The van der Waals surface area contributed by atoms with Crippen LogP contribution < -0.4 is 5.32 Å². The normalized spacial score (nSPS) is 11.1. The van der Waals surface area contributed by atoms with Crippen LogP contribution in [0.1, 0.15) is 17.2 Å². The highest BCUT2D eigenvalue weighted by Crippen LogP contribution is 2.16. The third kappa shape index (κ3) is 2.67. The Bertz CT molecular complexity index is 423. The first kappa shape index (κ1) is 11.0. The molecule has 3 heteroatoms. The summed E-state index contributed by atoms with van der Waals surface area (Å²) in [5.41, 5.74) is 1.24. The van der Waals surface area contributed by atoms with Gasteiger partial charge in [-0.15, -0.1) is 6.58 Å². The Kier molecular flexibility index (Phi) is 4.09. The van der Waals surface area contributed by atoms with Crippen LogP contribution >= 0.6 is 0 Å². The lowest BCUT2D eigenvalue weighted by Crippen LogP contribution is -2.20. The van der Waals surface area contributed by atoms with Crippen LogP contribution in [0, 0.1) is 22.7 Å². The largest absolute Gasteiger partial charge is 0.295 e. The zero-order valence-corrected chi connectivity index (χ0v) is 8.27. The molecule has 1 aromatic rings. The molecule has 1 unspecified atom stereocenters. The van der Waals surface area contributed by atoms with E-state index >= 15 is 0 Å². The van der Waals surface area contributed by atoms with Crippen molar-refractivity contribution in [1.29, 1.82) is 10.5 Å². The van der Waals surface area contributed by atoms with Gasteiger partial charge in [-0.05, 0) is 6.07 Å². The van der Waals surface area contributed by atoms with Crippen LogP contribution in [-0.2, 0) is 0 Å². The second-order valence-electron chi connectivity index (χ2n) is 2.96. The lowest BCUT2D eigenvalue weighted by atomic mass is 10.0. The van der Waals surface area contributed by atoms with E-state index in [4.69, 9.17) is 10.5 Å². The molecule has 0 saturated heterocycles. The minimum absolute atomic E-state index is 0.459. The predicted octanol–water partition coefficient (Wildman–Crippen LogP) is 1.90. The molecule has 0 heterocycles. The minimum Gasteiger partial charge on any atom is -0.295 e. The average Bonchev–Trinajstić information content (AvgIpc) is 2.30. The summed E-state index contributed by atoms with van der Waals surface area (Å²) in [5.74, 6) is 0. The smallest absolute Gasteiger partial charge is 0.122 e. The first-order valence-electron chi connectivity index (χ1n) is 4.56.